The minimum Gasteiger partial charge on any atom is -0.354 e. The summed E-state index contributed by atoms with van der Waals surface area (Å²) in [5.41, 5.74) is 0.964. The van der Waals surface area contributed by atoms with E-state index in [0.717, 1.165) is 37.6 Å². The molecular formula is C14H21ClN6. The Balaban J connectivity index is 1.88. The van der Waals surface area contributed by atoms with Crippen molar-refractivity contribution >= 4 is 23.2 Å². The van der Waals surface area contributed by atoms with Crippen LogP contribution in [0.5, 0.6) is 0 Å². The van der Waals surface area contributed by atoms with Gasteiger partial charge in [-0.25, -0.2) is 0 Å². The first-order chi connectivity index (χ1) is 10.1. The van der Waals surface area contributed by atoms with E-state index in [2.05, 4.69) is 38.7 Å². The van der Waals surface area contributed by atoms with Gasteiger partial charge in [-0.2, -0.15) is 19.6 Å². The van der Waals surface area contributed by atoms with Gasteiger partial charge in [0.2, 0.25) is 0 Å². The van der Waals surface area contributed by atoms with E-state index in [-0.39, 0.29) is 0 Å². The normalized spacial score (nSPS) is 18.4. The van der Waals surface area contributed by atoms with Crippen LogP contribution in [0.2, 0.25) is 5.15 Å². The lowest BCUT2D eigenvalue weighted by molar-refractivity contribution is 0.192. The van der Waals surface area contributed by atoms with Crippen LogP contribution >= 0.6 is 11.6 Å². The molecule has 6 nitrogen and oxygen atoms in total. The van der Waals surface area contributed by atoms with E-state index in [0.29, 0.717) is 17.0 Å². The van der Waals surface area contributed by atoms with E-state index in [4.69, 9.17) is 11.6 Å². The lowest BCUT2D eigenvalue weighted by Gasteiger charge is -2.39. The molecule has 1 atom stereocenters. The maximum absolute atomic E-state index is 6.24. The zero-order valence-electron chi connectivity index (χ0n) is 12.8. The summed E-state index contributed by atoms with van der Waals surface area (Å²) in [6.07, 6.45) is 2.71. The van der Waals surface area contributed by atoms with Gasteiger partial charge in [0, 0.05) is 37.8 Å². The summed E-state index contributed by atoms with van der Waals surface area (Å²) < 4.78 is 1.79. The van der Waals surface area contributed by atoms with E-state index >= 15 is 0 Å². The highest BCUT2D eigenvalue weighted by Crippen LogP contribution is 2.26. The molecule has 0 aromatic carbocycles. The van der Waals surface area contributed by atoms with Crippen LogP contribution in [0, 0.1) is 6.92 Å². The predicted octanol–water partition coefficient (Wildman–Crippen LogP) is 2.01. The maximum Gasteiger partial charge on any atom is 0.255 e. The van der Waals surface area contributed by atoms with Gasteiger partial charge < -0.3 is 4.90 Å². The number of halogens is 1. The molecule has 7 heteroatoms. The first-order valence-electron chi connectivity index (χ1n) is 7.46. The predicted molar refractivity (Wildman–Crippen MR) is 84.1 cm³/mol. The van der Waals surface area contributed by atoms with Crippen molar-refractivity contribution in [1.82, 2.24) is 24.5 Å². The summed E-state index contributed by atoms with van der Waals surface area (Å²) in [4.78, 5) is 13.3. The van der Waals surface area contributed by atoms with Crippen molar-refractivity contribution in [1.29, 1.82) is 0 Å². The zero-order chi connectivity index (χ0) is 15.0. The number of hydrogen-bond donors (Lipinski definition) is 0. The Hall–Kier alpha value is -1.40. The van der Waals surface area contributed by atoms with Gasteiger partial charge in [-0.3, -0.25) is 4.90 Å². The molecule has 1 saturated heterocycles. The molecule has 0 saturated carbocycles. The molecule has 2 aromatic heterocycles. The standard InChI is InChI=1S/C14H21ClN6/c1-4-10(2)19-5-7-20(8-6-19)13-11(3)12(15)18-14-16-9-17-21(13)14/h9-10H,4-8H2,1-3H3. The molecule has 0 spiro atoms. The molecule has 21 heavy (non-hydrogen) atoms. The van der Waals surface area contributed by atoms with Gasteiger partial charge in [0.05, 0.1) is 0 Å². The van der Waals surface area contributed by atoms with Gasteiger partial charge in [-0.1, -0.05) is 18.5 Å². The van der Waals surface area contributed by atoms with Crippen LogP contribution < -0.4 is 4.90 Å². The van der Waals surface area contributed by atoms with Crippen LogP contribution in [0.25, 0.3) is 5.78 Å². The summed E-state index contributed by atoms with van der Waals surface area (Å²) in [5.74, 6) is 1.58. The quantitative estimate of drug-likeness (QED) is 0.812. The highest BCUT2D eigenvalue weighted by molar-refractivity contribution is 6.30. The molecule has 3 heterocycles. The Morgan fingerprint density at radius 2 is 2.00 bits per heavy atom. The molecule has 0 bridgehead atoms. The lowest BCUT2D eigenvalue weighted by atomic mass is 10.2. The first kappa shape index (κ1) is 14.5. The number of piperazine rings is 1. The van der Waals surface area contributed by atoms with Crippen molar-refractivity contribution in [2.75, 3.05) is 31.1 Å². The third-order valence-electron chi connectivity index (χ3n) is 4.40. The fourth-order valence-corrected chi connectivity index (χ4v) is 3.05. The van der Waals surface area contributed by atoms with Crippen LogP contribution in [-0.4, -0.2) is 56.7 Å². The summed E-state index contributed by atoms with van der Waals surface area (Å²) in [5, 5.41) is 4.80. The van der Waals surface area contributed by atoms with Gasteiger partial charge in [0.15, 0.2) is 0 Å². The minimum absolute atomic E-state index is 0.509. The third kappa shape index (κ3) is 2.58. The van der Waals surface area contributed by atoms with Crippen LogP contribution in [0.3, 0.4) is 0 Å². The molecule has 0 N–H and O–H groups in total. The van der Waals surface area contributed by atoms with Gasteiger partial charge >= 0.3 is 0 Å². The number of hydrogen-bond acceptors (Lipinski definition) is 5. The highest BCUT2D eigenvalue weighted by Gasteiger charge is 2.24. The molecule has 1 aliphatic rings. The summed E-state index contributed by atoms with van der Waals surface area (Å²) in [7, 11) is 0. The first-order valence-corrected chi connectivity index (χ1v) is 7.84. The van der Waals surface area contributed by atoms with Crippen molar-refractivity contribution in [2.24, 2.45) is 0 Å². The number of rotatable bonds is 3. The van der Waals surface area contributed by atoms with Crippen LogP contribution in [0.1, 0.15) is 25.8 Å². The molecule has 2 aromatic rings. The average molecular weight is 309 g/mol. The number of aromatic nitrogens is 4. The van der Waals surface area contributed by atoms with Crippen LogP contribution in [0.15, 0.2) is 6.33 Å². The van der Waals surface area contributed by atoms with Crippen LogP contribution in [0.4, 0.5) is 5.82 Å². The molecule has 1 aliphatic heterocycles. The van der Waals surface area contributed by atoms with E-state index in [1.807, 2.05) is 6.92 Å². The smallest absolute Gasteiger partial charge is 0.255 e. The van der Waals surface area contributed by atoms with Gasteiger partial charge in [-0.15, -0.1) is 0 Å². The molecule has 1 unspecified atom stereocenters. The molecular weight excluding hydrogens is 288 g/mol. The minimum atomic E-state index is 0.509. The molecule has 0 radical (unpaired) electrons. The van der Waals surface area contributed by atoms with E-state index in [9.17, 15) is 0 Å². The highest BCUT2D eigenvalue weighted by atomic mass is 35.5. The monoisotopic (exact) mass is 308 g/mol. The van der Waals surface area contributed by atoms with E-state index < -0.39 is 0 Å². The fraction of sp³-hybridized carbons (Fsp3) is 0.643. The van der Waals surface area contributed by atoms with Crippen LogP contribution in [-0.2, 0) is 0 Å². The van der Waals surface area contributed by atoms with Gasteiger partial charge in [0.25, 0.3) is 5.78 Å². The number of nitrogens with zero attached hydrogens (tertiary/aromatic N) is 6. The Morgan fingerprint density at radius 3 is 2.67 bits per heavy atom. The molecule has 3 rings (SSSR count). The Labute approximate surface area is 129 Å². The van der Waals surface area contributed by atoms with E-state index in [1.54, 1.807) is 4.52 Å². The topological polar surface area (TPSA) is 49.6 Å². The lowest BCUT2D eigenvalue weighted by Crippen LogP contribution is -2.50. The number of fused-ring (bicyclic) bond motifs is 1. The maximum atomic E-state index is 6.24. The largest absolute Gasteiger partial charge is 0.354 e. The average Bonchev–Trinajstić information content (AvgIpc) is 2.95. The Kier molecular flexibility index (Phi) is 3.99. The van der Waals surface area contributed by atoms with Crippen molar-refractivity contribution in [3.8, 4) is 0 Å². The Bertz CT molecular complexity index is 632. The Morgan fingerprint density at radius 1 is 1.29 bits per heavy atom. The van der Waals surface area contributed by atoms with E-state index in [1.165, 1.54) is 12.7 Å². The van der Waals surface area contributed by atoms with Gasteiger partial charge in [-0.05, 0) is 20.3 Å². The third-order valence-corrected chi connectivity index (χ3v) is 4.77. The van der Waals surface area contributed by atoms with Crippen molar-refractivity contribution in [2.45, 2.75) is 33.2 Å². The second-order valence-corrected chi connectivity index (χ2v) is 5.96. The SMILES string of the molecule is CCC(C)N1CCN(c2c(C)c(Cl)nc3ncnn23)CC1. The summed E-state index contributed by atoms with van der Waals surface area (Å²) in [6.45, 7) is 10.6. The van der Waals surface area contributed by atoms with Crippen molar-refractivity contribution in [3.63, 3.8) is 0 Å². The molecule has 114 valence electrons. The second-order valence-electron chi connectivity index (χ2n) is 5.60. The molecule has 0 aliphatic carbocycles. The molecule has 0 amide bonds. The summed E-state index contributed by atoms with van der Waals surface area (Å²) >= 11 is 6.24. The number of anilines is 1. The second kappa shape index (κ2) is 5.77. The fourth-order valence-electron chi connectivity index (χ4n) is 2.89. The van der Waals surface area contributed by atoms with Crippen molar-refractivity contribution in [3.05, 3.63) is 17.0 Å². The van der Waals surface area contributed by atoms with Gasteiger partial charge in [0.1, 0.15) is 17.3 Å². The van der Waals surface area contributed by atoms with Crippen molar-refractivity contribution < 1.29 is 0 Å². The zero-order valence-corrected chi connectivity index (χ0v) is 13.5. The summed E-state index contributed by atoms with van der Waals surface area (Å²) in [6, 6.07) is 0.640. The molecule has 1 fully saturated rings.